The lowest BCUT2D eigenvalue weighted by atomic mass is 10.1. The molecule has 120 valence electrons. The third kappa shape index (κ3) is 2.34. The average Bonchev–Trinajstić information content (AvgIpc) is 2.96. The van der Waals surface area contributed by atoms with E-state index >= 15 is 0 Å². The van der Waals surface area contributed by atoms with Crippen molar-refractivity contribution in [1.29, 1.82) is 0 Å². The molecule has 0 N–H and O–H groups in total. The molecule has 0 spiro atoms. The standard InChI is InChI=1S/C20H14F2OS/c1-11-3-6-13(7-4-11)23-16-10-9-15-14-8-5-12(2)17(21)19(14)24-20(15)18(16)22/h3-10H,1-2H3. The highest BCUT2D eigenvalue weighted by Gasteiger charge is 2.17. The summed E-state index contributed by atoms with van der Waals surface area (Å²) in [6, 6.07) is 14.4. The van der Waals surface area contributed by atoms with Crippen molar-refractivity contribution < 1.29 is 13.5 Å². The number of hydrogen-bond donors (Lipinski definition) is 0. The van der Waals surface area contributed by atoms with Gasteiger partial charge in [-0.05, 0) is 43.7 Å². The van der Waals surface area contributed by atoms with Crippen molar-refractivity contribution in [2.45, 2.75) is 13.8 Å². The molecular formula is C20H14F2OS. The maximum absolute atomic E-state index is 14.9. The molecular weight excluding hydrogens is 326 g/mol. The molecule has 1 aromatic heterocycles. The fourth-order valence-corrected chi connectivity index (χ4v) is 3.95. The molecule has 0 atom stereocenters. The zero-order valence-electron chi connectivity index (χ0n) is 13.2. The van der Waals surface area contributed by atoms with Gasteiger partial charge in [0.25, 0.3) is 0 Å². The molecule has 4 heteroatoms. The lowest BCUT2D eigenvalue weighted by Crippen LogP contribution is -1.88. The molecule has 0 saturated carbocycles. The van der Waals surface area contributed by atoms with Crippen LogP contribution < -0.4 is 4.74 Å². The van der Waals surface area contributed by atoms with Crippen LogP contribution in [-0.4, -0.2) is 0 Å². The van der Waals surface area contributed by atoms with Crippen molar-refractivity contribution in [3.8, 4) is 11.5 Å². The second-order valence-corrected chi connectivity index (χ2v) is 6.87. The van der Waals surface area contributed by atoms with Crippen LogP contribution in [0, 0.1) is 25.5 Å². The Morgan fingerprint density at radius 2 is 1.38 bits per heavy atom. The SMILES string of the molecule is Cc1ccc(Oc2ccc3c(sc4c(F)c(C)ccc43)c2F)cc1. The van der Waals surface area contributed by atoms with Gasteiger partial charge in [-0.3, -0.25) is 0 Å². The van der Waals surface area contributed by atoms with E-state index in [1.807, 2.05) is 25.1 Å². The number of aryl methyl sites for hydroxylation is 2. The Bertz CT molecular complexity index is 1060. The molecule has 0 saturated heterocycles. The van der Waals surface area contributed by atoms with E-state index in [0.717, 1.165) is 22.3 Å². The molecule has 24 heavy (non-hydrogen) atoms. The average molecular weight is 340 g/mol. The summed E-state index contributed by atoms with van der Waals surface area (Å²) >= 11 is 1.13. The highest BCUT2D eigenvalue weighted by atomic mass is 32.1. The molecule has 1 heterocycles. The van der Waals surface area contributed by atoms with E-state index in [0.29, 0.717) is 26.1 Å². The monoisotopic (exact) mass is 340 g/mol. The van der Waals surface area contributed by atoms with Crippen LogP contribution >= 0.6 is 11.3 Å². The predicted octanol–water partition coefficient (Wildman–Crippen LogP) is 6.74. The van der Waals surface area contributed by atoms with Gasteiger partial charge in [-0.1, -0.05) is 29.8 Å². The Morgan fingerprint density at radius 3 is 2.08 bits per heavy atom. The highest BCUT2D eigenvalue weighted by Crippen LogP contribution is 2.41. The van der Waals surface area contributed by atoms with Crippen LogP contribution in [0.15, 0.2) is 48.5 Å². The van der Waals surface area contributed by atoms with Gasteiger partial charge in [0.2, 0.25) is 0 Å². The Kier molecular flexibility index (Phi) is 3.50. The molecule has 1 nitrogen and oxygen atoms in total. The topological polar surface area (TPSA) is 9.23 Å². The van der Waals surface area contributed by atoms with Crippen LogP contribution in [0.2, 0.25) is 0 Å². The number of halogens is 2. The summed E-state index contributed by atoms with van der Waals surface area (Å²) < 4.78 is 35.7. The molecule has 0 amide bonds. The third-order valence-corrected chi connectivity index (χ3v) is 5.30. The summed E-state index contributed by atoms with van der Waals surface area (Å²) in [4.78, 5) is 0. The van der Waals surface area contributed by atoms with Crippen LogP contribution in [-0.2, 0) is 0 Å². The first-order valence-corrected chi connectivity index (χ1v) is 8.40. The van der Waals surface area contributed by atoms with E-state index in [1.165, 1.54) is 0 Å². The van der Waals surface area contributed by atoms with Gasteiger partial charge in [0.1, 0.15) is 11.6 Å². The minimum atomic E-state index is -0.452. The van der Waals surface area contributed by atoms with Gasteiger partial charge >= 0.3 is 0 Å². The summed E-state index contributed by atoms with van der Waals surface area (Å²) in [5.74, 6) is -0.0162. The quantitative estimate of drug-likeness (QED) is 0.392. The van der Waals surface area contributed by atoms with Crippen molar-refractivity contribution in [3.05, 3.63) is 71.3 Å². The van der Waals surface area contributed by atoms with E-state index in [-0.39, 0.29) is 11.6 Å². The van der Waals surface area contributed by atoms with E-state index in [4.69, 9.17) is 4.74 Å². The van der Waals surface area contributed by atoms with Crippen molar-refractivity contribution in [3.63, 3.8) is 0 Å². The molecule has 0 bridgehead atoms. The zero-order valence-corrected chi connectivity index (χ0v) is 14.0. The summed E-state index contributed by atoms with van der Waals surface area (Å²) in [5, 5.41) is 1.45. The summed E-state index contributed by atoms with van der Waals surface area (Å²) in [6.07, 6.45) is 0. The lowest BCUT2D eigenvalue weighted by molar-refractivity contribution is 0.446. The Balaban J connectivity index is 1.87. The number of benzene rings is 3. The largest absolute Gasteiger partial charge is 0.454 e. The molecule has 0 aliphatic rings. The molecule has 0 fully saturated rings. The predicted molar refractivity (Wildman–Crippen MR) is 95.2 cm³/mol. The highest BCUT2D eigenvalue weighted by molar-refractivity contribution is 7.25. The number of fused-ring (bicyclic) bond motifs is 3. The first-order valence-electron chi connectivity index (χ1n) is 7.59. The fraction of sp³-hybridized carbons (Fsp3) is 0.100. The van der Waals surface area contributed by atoms with Crippen molar-refractivity contribution in [1.82, 2.24) is 0 Å². The van der Waals surface area contributed by atoms with Crippen LogP contribution in [0.25, 0.3) is 20.2 Å². The Morgan fingerprint density at radius 1 is 0.750 bits per heavy atom. The lowest BCUT2D eigenvalue weighted by Gasteiger charge is -2.07. The molecule has 3 aromatic carbocycles. The second-order valence-electron chi connectivity index (χ2n) is 5.84. The molecule has 4 aromatic rings. The van der Waals surface area contributed by atoms with E-state index in [9.17, 15) is 8.78 Å². The zero-order chi connectivity index (χ0) is 16.8. The van der Waals surface area contributed by atoms with Gasteiger partial charge in [-0.25, -0.2) is 8.78 Å². The molecule has 0 radical (unpaired) electrons. The fourth-order valence-electron chi connectivity index (χ4n) is 2.73. The van der Waals surface area contributed by atoms with Gasteiger partial charge in [0.05, 0.1) is 9.40 Å². The van der Waals surface area contributed by atoms with Gasteiger partial charge in [-0.15, -0.1) is 11.3 Å². The maximum atomic E-state index is 14.9. The smallest absolute Gasteiger partial charge is 0.183 e. The second kappa shape index (κ2) is 5.56. The summed E-state index contributed by atoms with van der Waals surface area (Å²) in [6.45, 7) is 3.69. The Labute approximate surface area is 142 Å². The molecule has 0 aliphatic heterocycles. The Hall–Kier alpha value is -2.46. The normalized spacial score (nSPS) is 11.3. The van der Waals surface area contributed by atoms with Gasteiger partial charge in [0, 0.05) is 10.8 Å². The van der Waals surface area contributed by atoms with Crippen LogP contribution in [0.1, 0.15) is 11.1 Å². The molecule has 0 aliphatic carbocycles. The molecule has 4 rings (SSSR count). The van der Waals surface area contributed by atoms with Crippen LogP contribution in [0.5, 0.6) is 11.5 Å². The summed E-state index contributed by atoms with van der Waals surface area (Å²) in [5.41, 5.74) is 1.67. The van der Waals surface area contributed by atoms with Gasteiger partial charge in [-0.2, -0.15) is 0 Å². The van der Waals surface area contributed by atoms with E-state index in [1.54, 1.807) is 37.3 Å². The first kappa shape index (κ1) is 15.1. The van der Waals surface area contributed by atoms with E-state index < -0.39 is 5.82 Å². The molecule has 0 unspecified atom stereocenters. The minimum absolute atomic E-state index is 0.148. The third-order valence-electron chi connectivity index (χ3n) is 4.09. The minimum Gasteiger partial charge on any atom is -0.454 e. The first-order chi connectivity index (χ1) is 11.5. The number of ether oxygens (including phenoxy) is 1. The van der Waals surface area contributed by atoms with Crippen molar-refractivity contribution in [2.24, 2.45) is 0 Å². The number of hydrogen-bond acceptors (Lipinski definition) is 2. The maximum Gasteiger partial charge on any atom is 0.183 e. The summed E-state index contributed by atoms with van der Waals surface area (Å²) in [7, 11) is 0. The van der Waals surface area contributed by atoms with Crippen molar-refractivity contribution in [2.75, 3.05) is 0 Å². The number of rotatable bonds is 2. The van der Waals surface area contributed by atoms with Gasteiger partial charge in [0.15, 0.2) is 11.6 Å². The van der Waals surface area contributed by atoms with Crippen molar-refractivity contribution >= 4 is 31.5 Å². The number of thiophene rings is 1. The van der Waals surface area contributed by atoms with E-state index in [2.05, 4.69) is 0 Å². The van der Waals surface area contributed by atoms with Crippen LogP contribution in [0.3, 0.4) is 0 Å². The van der Waals surface area contributed by atoms with Gasteiger partial charge < -0.3 is 4.74 Å². The van der Waals surface area contributed by atoms with Crippen LogP contribution in [0.4, 0.5) is 8.78 Å².